The maximum Gasteiger partial charge on any atom is 0.342 e. The number of sulfone groups is 1. The van der Waals surface area contributed by atoms with E-state index >= 15 is 0 Å². The topological polar surface area (TPSA) is 104 Å². The number of carbonyl (C=O) groups is 1. The van der Waals surface area contributed by atoms with E-state index in [2.05, 4.69) is 4.74 Å². The summed E-state index contributed by atoms with van der Waals surface area (Å²) in [6, 6.07) is 1.82. The molecule has 1 atom stereocenters. The van der Waals surface area contributed by atoms with Crippen LogP contribution in [0.1, 0.15) is 23.2 Å². The third kappa shape index (κ3) is 6.94. The lowest BCUT2D eigenvalue weighted by molar-refractivity contribution is 0.0595. The second-order valence-corrected chi connectivity index (χ2v) is 8.81. The van der Waals surface area contributed by atoms with E-state index in [4.69, 9.17) is 11.6 Å². The molecule has 0 saturated carbocycles. The molecule has 0 N–H and O–H groups in total. The molecule has 0 fully saturated rings. The first-order chi connectivity index (χ1) is 12.5. The number of anilines is 1. The zero-order chi connectivity index (χ0) is 20.8. The molecule has 0 aliphatic rings. The number of benzene rings is 1. The molecule has 13 heteroatoms. The Bertz CT molecular complexity index is 806. The number of hydrogen-bond donors (Lipinski definition) is 0. The molecule has 27 heavy (non-hydrogen) atoms. The Kier molecular flexibility index (Phi) is 8.99. The van der Waals surface area contributed by atoms with Gasteiger partial charge in [0.25, 0.3) is 0 Å². The standard InChI is InChI=1S/C14H17ClF3NO6S2/c1-25-14(20)12-9(16)3-4-10(13(12)15)19(26(21)22)6-2-7-27(23,24)8-5-11(17)18/h3-4,11H,2,5-8H2,1H3,(H,21,22)/p-1. The summed E-state index contributed by atoms with van der Waals surface area (Å²) in [6.45, 7) is -0.379. The lowest BCUT2D eigenvalue weighted by atomic mass is 10.2. The van der Waals surface area contributed by atoms with Crippen molar-refractivity contribution in [3.63, 3.8) is 0 Å². The molecular weight excluding hydrogens is 435 g/mol. The summed E-state index contributed by atoms with van der Waals surface area (Å²) in [5.41, 5.74) is -0.923. The van der Waals surface area contributed by atoms with Crippen LogP contribution in [0.3, 0.4) is 0 Å². The van der Waals surface area contributed by atoms with E-state index in [9.17, 15) is 35.1 Å². The van der Waals surface area contributed by atoms with E-state index in [1.54, 1.807) is 0 Å². The molecule has 1 rings (SSSR count). The number of halogens is 4. The van der Waals surface area contributed by atoms with Crippen molar-refractivity contribution < 1.29 is 39.9 Å². The molecule has 0 spiro atoms. The number of methoxy groups -OCH3 is 1. The van der Waals surface area contributed by atoms with Crippen LogP contribution < -0.4 is 4.31 Å². The molecule has 0 heterocycles. The minimum Gasteiger partial charge on any atom is -0.755 e. The number of hydrogen-bond acceptors (Lipinski definition) is 6. The zero-order valence-electron chi connectivity index (χ0n) is 14.0. The minimum atomic E-state index is -3.80. The second kappa shape index (κ2) is 10.2. The maximum absolute atomic E-state index is 13.8. The number of esters is 1. The minimum absolute atomic E-state index is 0.221. The van der Waals surface area contributed by atoms with Gasteiger partial charge in [-0.15, -0.1) is 0 Å². The normalized spacial score (nSPS) is 12.9. The maximum atomic E-state index is 13.8. The van der Waals surface area contributed by atoms with Crippen LogP contribution in [0.5, 0.6) is 0 Å². The molecule has 0 amide bonds. The van der Waals surface area contributed by atoms with Gasteiger partial charge in [-0.1, -0.05) is 11.6 Å². The van der Waals surface area contributed by atoms with Gasteiger partial charge in [0, 0.05) is 24.2 Å². The summed E-state index contributed by atoms with van der Waals surface area (Å²) in [5.74, 6) is -3.40. The number of carbonyl (C=O) groups excluding carboxylic acids is 1. The monoisotopic (exact) mass is 450 g/mol. The highest BCUT2D eigenvalue weighted by Gasteiger charge is 2.23. The summed E-state index contributed by atoms with van der Waals surface area (Å²) in [4.78, 5) is 11.6. The molecule has 0 aromatic heterocycles. The van der Waals surface area contributed by atoms with Gasteiger partial charge in [0.05, 0.1) is 29.3 Å². The van der Waals surface area contributed by atoms with Crippen LogP contribution in [0.2, 0.25) is 5.02 Å². The molecule has 154 valence electrons. The van der Waals surface area contributed by atoms with Crippen LogP contribution in [0.25, 0.3) is 0 Å². The second-order valence-electron chi connectivity index (χ2n) is 5.25. The van der Waals surface area contributed by atoms with Crippen molar-refractivity contribution in [3.8, 4) is 0 Å². The predicted octanol–water partition coefficient (Wildman–Crippen LogP) is 2.33. The van der Waals surface area contributed by atoms with Gasteiger partial charge in [-0.2, -0.15) is 0 Å². The van der Waals surface area contributed by atoms with Gasteiger partial charge in [0.2, 0.25) is 6.43 Å². The Morgan fingerprint density at radius 3 is 2.52 bits per heavy atom. The Hall–Kier alpha value is -1.37. The fourth-order valence-corrected chi connectivity index (χ4v) is 4.38. The van der Waals surface area contributed by atoms with Crippen molar-refractivity contribution in [2.75, 3.05) is 29.5 Å². The summed E-state index contributed by atoms with van der Waals surface area (Å²) in [5, 5.41) is -0.522. The summed E-state index contributed by atoms with van der Waals surface area (Å²) in [6.07, 6.45) is -3.80. The molecule has 0 bridgehead atoms. The van der Waals surface area contributed by atoms with E-state index in [0.29, 0.717) is 4.31 Å². The molecule has 7 nitrogen and oxygen atoms in total. The number of rotatable bonds is 10. The first kappa shape index (κ1) is 23.7. The molecule has 1 aromatic rings. The van der Waals surface area contributed by atoms with E-state index in [1.807, 2.05) is 0 Å². The largest absolute Gasteiger partial charge is 0.755 e. The summed E-state index contributed by atoms with van der Waals surface area (Å²) >= 11 is 3.00. The quantitative estimate of drug-likeness (QED) is 0.400. The highest BCUT2D eigenvalue weighted by Crippen LogP contribution is 2.32. The predicted molar refractivity (Wildman–Crippen MR) is 92.9 cm³/mol. The lowest BCUT2D eigenvalue weighted by Gasteiger charge is -2.27. The number of nitrogens with zero attached hydrogens (tertiary/aromatic N) is 1. The summed E-state index contributed by atoms with van der Waals surface area (Å²) < 4.78 is 89.3. The fraction of sp³-hybridized carbons (Fsp3) is 0.500. The van der Waals surface area contributed by atoms with Crippen LogP contribution in [0, 0.1) is 5.82 Å². The average Bonchev–Trinajstić information content (AvgIpc) is 2.57. The third-order valence-corrected chi connectivity index (χ3v) is 6.26. The SMILES string of the molecule is COC(=O)c1c(F)ccc(N(CCCS(=O)(=O)CCC(F)F)S(=O)[O-])c1Cl. The van der Waals surface area contributed by atoms with Gasteiger partial charge in [0.15, 0.2) is 9.84 Å². The van der Waals surface area contributed by atoms with Gasteiger partial charge in [0.1, 0.15) is 11.4 Å². The van der Waals surface area contributed by atoms with Crippen molar-refractivity contribution in [2.45, 2.75) is 19.3 Å². The van der Waals surface area contributed by atoms with Crippen LogP contribution in [-0.4, -0.2) is 54.7 Å². The van der Waals surface area contributed by atoms with Crippen molar-refractivity contribution >= 4 is 44.4 Å². The number of alkyl halides is 2. The highest BCUT2D eigenvalue weighted by atomic mass is 35.5. The molecule has 1 aromatic carbocycles. The van der Waals surface area contributed by atoms with Crippen molar-refractivity contribution in [1.82, 2.24) is 0 Å². The van der Waals surface area contributed by atoms with Crippen LogP contribution in [0.15, 0.2) is 12.1 Å². The summed E-state index contributed by atoms with van der Waals surface area (Å²) in [7, 11) is -2.81. The van der Waals surface area contributed by atoms with Gasteiger partial charge < -0.3 is 13.6 Å². The van der Waals surface area contributed by atoms with E-state index in [1.165, 1.54) is 0 Å². The van der Waals surface area contributed by atoms with Crippen LogP contribution >= 0.6 is 11.6 Å². The van der Waals surface area contributed by atoms with Gasteiger partial charge in [-0.05, 0) is 18.6 Å². The average molecular weight is 451 g/mol. The zero-order valence-corrected chi connectivity index (χ0v) is 16.4. The molecule has 0 aliphatic heterocycles. The molecule has 0 radical (unpaired) electrons. The van der Waals surface area contributed by atoms with Gasteiger partial charge >= 0.3 is 5.97 Å². The Labute approximate surface area is 161 Å². The van der Waals surface area contributed by atoms with Crippen LogP contribution in [0.4, 0.5) is 18.9 Å². The van der Waals surface area contributed by atoms with Crippen molar-refractivity contribution in [3.05, 3.63) is 28.5 Å². The van der Waals surface area contributed by atoms with Gasteiger partial charge in [-0.25, -0.2) is 26.4 Å². The Morgan fingerprint density at radius 1 is 1.37 bits per heavy atom. The number of ether oxygens (including phenoxy) is 1. The molecular formula is C14H16ClF3NO6S2-. The smallest absolute Gasteiger partial charge is 0.342 e. The van der Waals surface area contributed by atoms with Crippen molar-refractivity contribution in [1.29, 1.82) is 0 Å². The Balaban J connectivity index is 2.98. The molecule has 0 saturated heterocycles. The van der Waals surface area contributed by atoms with Crippen LogP contribution in [-0.2, 0) is 25.8 Å². The first-order valence-electron chi connectivity index (χ1n) is 7.42. The van der Waals surface area contributed by atoms with E-state index in [0.717, 1.165) is 19.2 Å². The van der Waals surface area contributed by atoms with E-state index in [-0.39, 0.29) is 18.7 Å². The first-order valence-corrected chi connectivity index (χ1v) is 10.6. The third-order valence-electron chi connectivity index (χ3n) is 3.37. The fourth-order valence-electron chi connectivity index (χ4n) is 2.10. The molecule has 1 unspecified atom stereocenters. The highest BCUT2D eigenvalue weighted by molar-refractivity contribution is 7.91. The molecule has 0 aliphatic carbocycles. The van der Waals surface area contributed by atoms with E-state index < -0.39 is 67.8 Å². The Morgan fingerprint density at radius 2 is 2.00 bits per heavy atom. The lowest BCUT2D eigenvalue weighted by Crippen LogP contribution is -2.29. The van der Waals surface area contributed by atoms with Crippen molar-refractivity contribution in [2.24, 2.45) is 0 Å². The van der Waals surface area contributed by atoms with Gasteiger partial charge in [-0.3, -0.25) is 4.21 Å².